The molecule has 0 bridgehead atoms. The molecule has 3 nitrogen and oxygen atoms in total. The lowest BCUT2D eigenvalue weighted by molar-refractivity contribution is 0.381. The van der Waals surface area contributed by atoms with Gasteiger partial charge in [-0.25, -0.2) is 0 Å². The molecule has 0 spiro atoms. The van der Waals surface area contributed by atoms with Crippen LogP contribution in [0.4, 0.5) is 5.82 Å². The molecule has 0 saturated carbocycles. The van der Waals surface area contributed by atoms with E-state index in [1.165, 1.54) is 44.7 Å². The van der Waals surface area contributed by atoms with Gasteiger partial charge in [0.25, 0.3) is 0 Å². The topological polar surface area (TPSA) is 11.4 Å². The number of hydrogen-bond acceptors (Lipinski definition) is 2. The van der Waals surface area contributed by atoms with Gasteiger partial charge in [-0.3, -0.25) is 4.57 Å². The molecule has 2 heterocycles. The second-order valence-corrected chi connectivity index (χ2v) is 7.55. The van der Waals surface area contributed by atoms with Crippen molar-refractivity contribution in [2.45, 2.75) is 40.8 Å². The van der Waals surface area contributed by atoms with E-state index in [0.29, 0.717) is 6.17 Å². The van der Waals surface area contributed by atoms with Gasteiger partial charge in [-0.1, -0.05) is 35.9 Å². The van der Waals surface area contributed by atoms with Crippen LogP contribution in [0, 0.1) is 27.7 Å². The lowest BCUT2D eigenvalue weighted by Gasteiger charge is -2.29. The number of aryl methyl sites for hydroxylation is 4. The summed E-state index contributed by atoms with van der Waals surface area (Å²) in [6, 6.07) is 13.3. The Morgan fingerprint density at radius 2 is 1.54 bits per heavy atom. The molecule has 1 aromatic heterocycles. The number of fused-ring (bicyclic) bond motifs is 1. The third-order valence-electron chi connectivity index (χ3n) is 5.65. The van der Waals surface area contributed by atoms with Gasteiger partial charge < -0.3 is 9.80 Å². The molecule has 1 aliphatic rings. The van der Waals surface area contributed by atoms with E-state index in [9.17, 15) is 0 Å². The third-order valence-corrected chi connectivity index (χ3v) is 5.65. The van der Waals surface area contributed by atoms with Gasteiger partial charge >= 0.3 is 0 Å². The second kappa shape index (κ2) is 5.94. The number of aromatic nitrogens is 1. The normalized spacial score (nSPS) is 16.9. The van der Waals surface area contributed by atoms with Crippen LogP contribution in [0.1, 0.15) is 29.2 Å². The summed E-state index contributed by atoms with van der Waals surface area (Å²) in [6.45, 7) is 11.1. The third kappa shape index (κ3) is 2.34. The summed E-state index contributed by atoms with van der Waals surface area (Å²) in [5.74, 6) is 1.26. The van der Waals surface area contributed by atoms with Crippen LogP contribution in [0.5, 0.6) is 0 Å². The standard InChI is InChI=1S/C23H27N3/c1-15-13-16(2)22(17(3)14-15)26-21-10-8-7-9-20(21)18(4)23(26)25-12-11-24(6)19(25)5/h7-14,19H,1-6H3/t19-/m0/s1. The van der Waals surface area contributed by atoms with Gasteiger partial charge in [0.1, 0.15) is 12.0 Å². The number of nitrogens with zero attached hydrogens (tertiary/aromatic N) is 3. The molecule has 2 aromatic carbocycles. The molecule has 3 heteroatoms. The van der Waals surface area contributed by atoms with E-state index in [2.05, 4.69) is 105 Å². The molecule has 0 saturated heterocycles. The van der Waals surface area contributed by atoms with Crippen molar-refractivity contribution < 1.29 is 0 Å². The highest BCUT2D eigenvalue weighted by atomic mass is 15.4. The molecule has 26 heavy (non-hydrogen) atoms. The van der Waals surface area contributed by atoms with Gasteiger partial charge in [0.15, 0.2) is 0 Å². The maximum atomic E-state index is 2.45. The molecular weight excluding hydrogens is 318 g/mol. The fourth-order valence-corrected chi connectivity index (χ4v) is 4.32. The van der Waals surface area contributed by atoms with Crippen LogP contribution in [0.25, 0.3) is 16.6 Å². The van der Waals surface area contributed by atoms with E-state index in [1.54, 1.807) is 0 Å². The van der Waals surface area contributed by atoms with Crippen molar-refractivity contribution in [2.75, 3.05) is 11.9 Å². The minimum absolute atomic E-state index is 0.294. The fourth-order valence-electron chi connectivity index (χ4n) is 4.32. The molecule has 4 rings (SSSR count). The number of benzene rings is 2. The van der Waals surface area contributed by atoms with E-state index < -0.39 is 0 Å². The van der Waals surface area contributed by atoms with Crippen molar-refractivity contribution in [1.82, 2.24) is 9.47 Å². The van der Waals surface area contributed by atoms with Crippen molar-refractivity contribution in [1.29, 1.82) is 0 Å². The number of anilines is 1. The van der Waals surface area contributed by atoms with E-state index in [-0.39, 0.29) is 0 Å². The minimum atomic E-state index is 0.294. The summed E-state index contributed by atoms with van der Waals surface area (Å²) in [6.07, 6.45) is 4.64. The Hall–Kier alpha value is -2.68. The van der Waals surface area contributed by atoms with Crippen molar-refractivity contribution in [3.05, 3.63) is 71.1 Å². The van der Waals surface area contributed by atoms with Gasteiger partial charge in [-0.2, -0.15) is 0 Å². The van der Waals surface area contributed by atoms with Gasteiger partial charge in [-0.15, -0.1) is 0 Å². The number of para-hydroxylation sites is 1. The largest absolute Gasteiger partial charge is 0.359 e. The summed E-state index contributed by atoms with van der Waals surface area (Å²) in [5, 5.41) is 1.32. The van der Waals surface area contributed by atoms with E-state index in [0.717, 1.165) is 0 Å². The molecular formula is C23H27N3. The Kier molecular flexibility index (Phi) is 3.83. The fraction of sp³-hybridized carbons (Fsp3) is 0.304. The maximum absolute atomic E-state index is 2.45. The van der Waals surface area contributed by atoms with Crippen molar-refractivity contribution in [3.8, 4) is 5.69 Å². The molecule has 0 amide bonds. The average molecular weight is 345 g/mol. The predicted molar refractivity (Wildman–Crippen MR) is 111 cm³/mol. The Balaban J connectivity index is 2.09. The first-order valence-electron chi connectivity index (χ1n) is 9.27. The zero-order valence-electron chi connectivity index (χ0n) is 16.5. The molecule has 0 N–H and O–H groups in total. The highest BCUT2D eigenvalue weighted by Gasteiger charge is 2.28. The zero-order chi connectivity index (χ0) is 18.6. The lowest BCUT2D eigenvalue weighted by Crippen LogP contribution is -2.35. The van der Waals surface area contributed by atoms with Crippen LogP contribution < -0.4 is 4.90 Å². The van der Waals surface area contributed by atoms with Crippen LogP contribution in [0.2, 0.25) is 0 Å². The Bertz CT molecular complexity index is 1000. The zero-order valence-corrected chi connectivity index (χ0v) is 16.5. The molecule has 0 unspecified atom stereocenters. The van der Waals surface area contributed by atoms with E-state index >= 15 is 0 Å². The molecule has 0 fully saturated rings. The van der Waals surface area contributed by atoms with Crippen LogP contribution in [-0.2, 0) is 0 Å². The molecule has 3 aromatic rings. The monoisotopic (exact) mass is 345 g/mol. The van der Waals surface area contributed by atoms with Crippen LogP contribution >= 0.6 is 0 Å². The Morgan fingerprint density at radius 3 is 2.15 bits per heavy atom. The van der Waals surface area contributed by atoms with Gasteiger partial charge in [0.2, 0.25) is 0 Å². The lowest BCUT2D eigenvalue weighted by atomic mass is 10.0. The highest BCUT2D eigenvalue weighted by molar-refractivity contribution is 5.92. The van der Waals surface area contributed by atoms with Gasteiger partial charge in [-0.05, 0) is 57.4 Å². The van der Waals surface area contributed by atoms with Crippen molar-refractivity contribution >= 4 is 16.7 Å². The SMILES string of the molecule is Cc1cc(C)c(-n2c(N3C=CN(C)[C@@H]3C)c(C)c3ccccc32)c(C)c1. The Morgan fingerprint density at radius 1 is 0.885 bits per heavy atom. The maximum Gasteiger partial charge on any atom is 0.123 e. The molecule has 134 valence electrons. The van der Waals surface area contributed by atoms with Crippen LogP contribution in [-0.4, -0.2) is 22.7 Å². The Labute approximate surface area is 156 Å². The summed E-state index contributed by atoms with van der Waals surface area (Å²) in [4.78, 5) is 4.63. The van der Waals surface area contributed by atoms with Crippen LogP contribution in [0.3, 0.4) is 0 Å². The van der Waals surface area contributed by atoms with E-state index in [1.807, 2.05) is 0 Å². The van der Waals surface area contributed by atoms with E-state index in [4.69, 9.17) is 0 Å². The first kappa shape index (κ1) is 16.8. The first-order chi connectivity index (χ1) is 12.4. The van der Waals surface area contributed by atoms with Gasteiger partial charge in [0, 0.05) is 24.8 Å². The van der Waals surface area contributed by atoms with Gasteiger partial charge in [0.05, 0.1) is 11.2 Å². The summed E-state index contributed by atoms with van der Waals surface area (Å²) >= 11 is 0. The van der Waals surface area contributed by atoms with Crippen molar-refractivity contribution in [3.63, 3.8) is 0 Å². The molecule has 1 aliphatic heterocycles. The smallest absolute Gasteiger partial charge is 0.123 e. The number of rotatable bonds is 2. The van der Waals surface area contributed by atoms with Crippen LogP contribution in [0.15, 0.2) is 48.8 Å². The summed E-state index contributed by atoms with van der Waals surface area (Å²) in [5.41, 5.74) is 7.83. The average Bonchev–Trinajstić information content (AvgIpc) is 3.06. The molecule has 0 aliphatic carbocycles. The first-order valence-corrected chi connectivity index (χ1v) is 9.27. The predicted octanol–water partition coefficient (Wildman–Crippen LogP) is 5.43. The summed E-state index contributed by atoms with van der Waals surface area (Å²) in [7, 11) is 2.13. The number of hydrogen-bond donors (Lipinski definition) is 0. The quantitative estimate of drug-likeness (QED) is 0.613. The highest BCUT2D eigenvalue weighted by Crippen LogP contribution is 2.39. The molecule has 0 radical (unpaired) electrons. The van der Waals surface area contributed by atoms with Crippen molar-refractivity contribution in [2.24, 2.45) is 0 Å². The summed E-state index contributed by atoms with van der Waals surface area (Å²) < 4.78 is 2.45. The second-order valence-electron chi connectivity index (χ2n) is 7.55. The molecule has 1 atom stereocenters. The minimum Gasteiger partial charge on any atom is -0.359 e.